The minimum atomic E-state index is -1.02. The molecule has 0 saturated carbocycles. The van der Waals surface area contributed by atoms with Crippen LogP contribution in [0.5, 0.6) is 0 Å². The van der Waals surface area contributed by atoms with E-state index in [1.807, 2.05) is 74.5 Å². The van der Waals surface area contributed by atoms with Gasteiger partial charge >= 0.3 is 6.03 Å². The Kier molecular flexibility index (Phi) is 17.3. The Labute approximate surface area is 300 Å². The summed E-state index contributed by atoms with van der Waals surface area (Å²) in [5.41, 5.74) is 13.7. The molecule has 6 amide bonds. The SMILES string of the molecule is CC(C)C[C@@H](NC(=O)[C@@H](Cc1ccccc1)NC(=O)[C@H](N)Cc1ccccc1)C(=O)N[C@H](CCCCN)C(=O)N1CCN(C(=O)NCCF)CC1. The number of amides is 6. The van der Waals surface area contributed by atoms with Gasteiger partial charge in [-0.05, 0) is 55.7 Å². The number of alkyl halides is 1. The lowest BCUT2D eigenvalue weighted by atomic mass is 9.99. The molecule has 51 heavy (non-hydrogen) atoms. The molecule has 0 aromatic heterocycles. The van der Waals surface area contributed by atoms with E-state index in [4.69, 9.17) is 11.5 Å². The maximum absolute atomic E-state index is 13.9. The van der Waals surface area contributed by atoms with Crippen LogP contribution in [-0.4, -0.2) is 110 Å². The van der Waals surface area contributed by atoms with Gasteiger partial charge < -0.3 is 42.5 Å². The second kappa shape index (κ2) is 21.6. The van der Waals surface area contributed by atoms with Crippen molar-refractivity contribution in [3.05, 3.63) is 71.8 Å². The Morgan fingerprint density at radius 1 is 0.725 bits per heavy atom. The fourth-order valence-electron chi connectivity index (χ4n) is 5.91. The summed E-state index contributed by atoms with van der Waals surface area (Å²) in [6.45, 7) is 4.56. The van der Waals surface area contributed by atoms with E-state index in [1.165, 1.54) is 4.90 Å². The van der Waals surface area contributed by atoms with Crippen LogP contribution in [0, 0.1) is 5.92 Å². The number of hydrogen-bond donors (Lipinski definition) is 6. The van der Waals surface area contributed by atoms with Crippen molar-refractivity contribution in [3.63, 3.8) is 0 Å². The molecule has 8 N–H and O–H groups in total. The van der Waals surface area contributed by atoms with Gasteiger partial charge in [-0.1, -0.05) is 74.5 Å². The molecule has 0 unspecified atom stereocenters. The van der Waals surface area contributed by atoms with Crippen LogP contribution < -0.4 is 32.7 Å². The molecule has 1 aliphatic rings. The van der Waals surface area contributed by atoms with Gasteiger partial charge in [0.1, 0.15) is 24.8 Å². The largest absolute Gasteiger partial charge is 0.343 e. The maximum Gasteiger partial charge on any atom is 0.317 e. The zero-order chi connectivity index (χ0) is 37.2. The zero-order valence-electron chi connectivity index (χ0n) is 29.8. The van der Waals surface area contributed by atoms with E-state index in [0.717, 1.165) is 11.1 Å². The lowest BCUT2D eigenvalue weighted by molar-refractivity contribution is -0.139. The van der Waals surface area contributed by atoms with E-state index < -0.39 is 48.6 Å². The van der Waals surface area contributed by atoms with Crippen LogP contribution in [0.1, 0.15) is 50.7 Å². The first kappa shape index (κ1) is 40.9. The fraction of sp³-hybridized carbons (Fsp3) is 0.541. The fourth-order valence-corrected chi connectivity index (χ4v) is 5.91. The molecule has 0 spiro atoms. The summed E-state index contributed by atoms with van der Waals surface area (Å²) in [5.74, 6) is -1.85. The lowest BCUT2D eigenvalue weighted by Gasteiger charge is -2.36. The molecule has 0 bridgehead atoms. The van der Waals surface area contributed by atoms with Gasteiger partial charge in [0.15, 0.2) is 0 Å². The molecule has 280 valence electrons. The second-order valence-electron chi connectivity index (χ2n) is 13.3. The molecule has 13 nitrogen and oxygen atoms in total. The van der Waals surface area contributed by atoms with Crippen molar-refractivity contribution in [2.24, 2.45) is 17.4 Å². The lowest BCUT2D eigenvalue weighted by Crippen LogP contribution is -2.60. The van der Waals surface area contributed by atoms with E-state index >= 15 is 0 Å². The van der Waals surface area contributed by atoms with Gasteiger partial charge in [-0.3, -0.25) is 19.2 Å². The van der Waals surface area contributed by atoms with Crippen molar-refractivity contribution in [1.29, 1.82) is 0 Å². The Hall–Kier alpha value is -4.56. The molecular formula is C37H55FN8O5. The van der Waals surface area contributed by atoms with Crippen molar-refractivity contribution < 1.29 is 28.4 Å². The van der Waals surface area contributed by atoms with Crippen molar-refractivity contribution in [2.45, 2.75) is 76.5 Å². The molecule has 3 rings (SSSR count). The van der Waals surface area contributed by atoms with E-state index in [0.29, 0.717) is 25.8 Å². The van der Waals surface area contributed by atoms with E-state index in [9.17, 15) is 28.4 Å². The molecule has 2 aromatic rings. The number of piperazine rings is 1. The maximum atomic E-state index is 13.9. The predicted octanol–water partition coefficient (Wildman–Crippen LogP) is 1.25. The first-order valence-corrected chi connectivity index (χ1v) is 17.8. The van der Waals surface area contributed by atoms with Gasteiger partial charge in [-0.25, -0.2) is 9.18 Å². The molecule has 1 aliphatic heterocycles. The highest BCUT2D eigenvalue weighted by molar-refractivity contribution is 5.95. The number of nitrogens with one attached hydrogen (secondary N) is 4. The predicted molar refractivity (Wildman–Crippen MR) is 194 cm³/mol. The number of nitrogens with two attached hydrogens (primary N) is 2. The van der Waals surface area contributed by atoms with Gasteiger partial charge in [-0.2, -0.15) is 0 Å². The Morgan fingerprint density at radius 2 is 1.25 bits per heavy atom. The number of carbonyl (C=O) groups is 5. The molecule has 4 atom stereocenters. The van der Waals surface area contributed by atoms with Crippen molar-refractivity contribution >= 4 is 29.7 Å². The smallest absolute Gasteiger partial charge is 0.317 e. The standard InChI is InChI=1S/C37H55FN8O5/c1-26(2)23-31(34(48)42-30(15-9-10-17-39)36(50)45-19-21-46(22-20-45)37(51)41-18-16-38)44-35(49)32(25-28-13-7-4-8-14-28)43-33(47)29(40)24-27-11-5-3-6-12-27/h3-8,11-14,26,29-32H,9-10,15-25,39-40H2,1-2H3,(H,41,51)(H,42,48)(H,43,47)(H,44,49)/t29-,30-,31-,32-/m1/s1. The van der Waals surface area contributed by atoms with E-state index in [2.05, 4.69) is 21.3 Å². The highest BCUT2D eigenvalue weighted by atomic mass is 19.1. The number of carbonyl (C=O) groups excluding carboxylic acids is 5. The minimum absolute atomic E-state index is 0.00511. The Bertz CT molecular complexity index is 1390. The summed E-state index contributed by atoms with van der Waals surface area (Å²) in [6, 6.07) is 14.4. The van der Waals surface area contributed by atoms with Crippen LogP contribution in [0.2, 0.25) is 0 Å². The van der Waals surface area contributed by atoms with Gasteiger partial charge in [0.05, 0.1) is 6.04 Å². The van der Waals surface area contributed by atoms with Crippen molar-refractivity contribution in [2.75, 3.05) is 45.9 Å². The average Bonchev–Trinajstić information content (AvgIpc) is 3.13. The van der Waals surface area contributed by atoms with E-state index in [1.54, 1.807) is 4.90 Å². The number of benzene rings is 2. The number of unbranched alkanes of at least 4 members (excludes halogenated alkanes) is 1. The third kappa shape index (κ3) is 13.9. The Balaban J connectivity index is 1.74. The highest BCUT2D eigenvalue weighted by Crippen LogP contribution is 2.13. The van der Waals surface area contributed by atoms with Crippen LogP contribution in [0.4, 0.5) is 9.18 Å². The first-order chi connectivity index (χ1) is 24.5. The molecule has 1 saturated heterocycles. The van der Waals surface area contributed by atoms with Gasteiger partial charge in [0, 0.05) is 39.1 Å². The second-order valence-corrected chi connectivity index (χ2v) is 13.3. The Morgan fingerprint density at radius 3 is 1.82 bits per heavy atom. The van der Waals surface area contributed by atoms with Gasteiger partial charge in [-0.15, -0.1) is 0 Å². The van der Waals surface area contributed by atoms with Crippen LogP contribution in [0.15, 0.2) is 60.7 Å². The van der Waals surface area contributed by atoms with E-state index in [-0.39, 0.29) is 69.8 Å². The molecule has 0 aliphatic carbocycles. The van der Waals surface area contributed by atoms with Gasteiger partial charge in [0.25, 0.3) is 0 Å². The summed E-state index contributed by atoms with van der Waals surface area (Å²) >= 11 is 0. The van der Waals surface area contributed by atoms with Crippen LogP contribution in [0.3, 0.4) is 0 Å². The van der Waals surface area contributed by atoms with Crippen LogP contribution in [0.25, 0.3) is 0 Å². The zero-order valence-corrected chi connectivity index (χ0v) is 29.8. The third-order valence-electron chi connectivity index (χ3n) is 8.70. The summed E-state index contributed by atoms with van der Waals surface area (Å²) in [5, 5.41) is 11.1. The summed E-state index contributed by atoms with van der Waals surface area (Å²) in [7, 11) is 0. The normalized spacial score (nSPS) is 15.3. The molecular weight excluding hydrogens is 655 g/mol. The van der Waals surface area contributed by atoms with Gasteiger partial charge in [0.2, 0.25) is 23.6 Å². The molecule has 2 aromatic carbocycles. The number of nitrogens with zero attached hydrogens (tertiary/aromatic N) is 2. The molecule has 1 fully saturated rings. The quantitative estimate of drug-likeness (QED) is 0.118. The summed E-state index contributed by atoms with van der Waals surface area (Å²) in [4.78, 5) is 70.2. The van der Waals surface area contributed by atoms with Crippen molar-refractivity contribution in [3.8, 4) is 0 Å². The number of rotatable bonds is 19. The summed E-state index contributed by atoms with van der Waals surface area (Å²) in [6.07, 6.45) is 2.33. The van der Waals surface area contributed by atoms with Crippen LogP contribution >= 0.6 is 0 Å². The monoisotopic (exact) mass is 710 g/mol. The number of halogens is 1. The number of hydrogen-bond acceptors (Lipinski definition) is 7. The average molecular weight is 711 g/mol. The molecule has 1 heterocycles. The van der Waals surface area contributed by atoms with Crippen molar-refractivity contribution in [1.82, 2.24) is 31.1 Å². The summed E-state index contributed by atoms with van der Waals surface area (Å²) < 4.78 is 12.5. The van der Waals surface area contributed by atoms with Crippen LogP contribution in [-0.2, 0) is 32.0 Å². The topological polar surface area (TPSA) is 192 Å². The first-order valence-electron chi connectivity index (χ1n) is 17.8. The molecule has 14 heteroatoms. The highest BCUT2D eigenvalue weighted by Gasteiger charge is 2.33. The number of urea groups is 1. The minimum Gasteiger partial charge on any atom is -0.343 e. The third-order valence-corrected chi connectivity index (χ3v) is 8.70. The molecule has 0 radical (unpaired) electrons.